The predicted molar refractivity (Wildman–Crippen MR) is 100.0 cm³/mol. The minimum Gasteiger partial charge on any atom is -0.479 e. The normalized spacial score (nSPS) is 11.1. The van der Waals surface area contributed by atoms with E-state index in [1.807, 2.05) is 30.3 Å². The predicted octanol–water partition coefficient (Wildman–Crippen LogP) is 2.08. The molecule has 0 saturated heterocycles. The van der Waals surface area contributed by atoms with E-state index in [2.05, 4.69) is 10.4 Å². The maximum Gasteiger partial charge on any atom is 0.331 e. The highest BCUT2D eigenvalue weighted by atomic mass is 16.4. The van der Waals surface area contributed by atoms with Crippen LogP contribution in [0.5, 0.6) is 0 Å². The van der Waals surface area contributed by atoms with Gasteiger partial charge >= 0.3 is 5.97 Å². The van der Waals surface area contributed by atoms with Gasteiger partial charge in [0.2, 0.25) is 11.8 Å². The van der Waals surface area contributed by atoms with E-state index in [9.17, 15) is 19.5 Å². The van der Waals surface area contributed by atoms with Crippen molar-refractivity contribution in [1.29, 1.82) is 0 Å². The lowest BCUT2D eigenvalue weighted by Crippen LogP contribution is -2.36. The SMILES string of the molecule is CC(=O)N(CCC(=O)Nc1cnn(C(C)(C)C(=O)O)c1)Cc1ccccc1. The van der Waals surface area contributed by atoms with E-state index in [0.29, 0.717) is 12.2 Å². The first-order chi connectivity index (χ1) is 12.7. The van der Waals surface area contributed by atoms with Gasteiger partial charge in [-0.15, -0.1) is 0 Å². The number of benzene rings is 1. The maximum absolute atomic E-state index is 12.2. The highest BCUT2D eigenvalue weighted by Gasteiger charge is 2.30. The van der Waals surface area contributed by atoms with E-state index in [1.165, 1.54) is 37.8 Å². The molecule has 8 heteroatoms. The summed E-state index contributed by atoms with van der Waals surface area (Å²) < 4.78 is 1.28. The van der Waals surface area contributed by atoms with Gasteiger partial charge in [0.1, 0.15) is 0 Å². The number of carboxylic acid groups (broad SMARTS) is 1. The van der Waals surface area contributed by atoms with Gasteiger partial charge in [-0.2, -0.15) is 5.10 Å². The van der Waals surface area contributed by atoms with Gasteiger partial charge in [-0.05, 0) is 19.4 Å². The zero-order chi connectivity index (χ0) is 20.0. The third kappa shape index (κ3) is 5.40. The first-order valence-electron chi connectivity index (χ1n) is 8.58. The molecule has 2 amide bonds. The third-order valence-corrected chi connectivity index (χ3v) is 4.23. The molecule has 2 rings (SSSR count). The van der Waals surface area contributed by atoms with Gasteiger partial charge in [-0.25, -0.2) is 4.79 Å². The van der Waals surface area contributed by atoms with Crippen LogP contribution in [0.25, 0.3) is 0 Å². The van der Waals surface area contributed by atoms with Crippen molar-refractivity contribution >= 4 is 23.5 Å². The lowest BCUT2D eigenvalue weighted by molar-refractivity contribution is -0.146. The van der Waals surface area contributed by atoms with E-state index in [-0.39, 0.29) is 24.8 Å². The molecule has 0 fully saturated rings. The van der Waals surface area contributed by atoms with Crippen LogP contribution in [0.15, 0.2) is 42.7 Å². The minimum atomic E-state index is -1.22. The van der Waals surface area contributed by atoms with E-state index in [1.54, 1.807) is 4.90 Å². The number of amides is 2. The molecule has 0 saturated carbocycles. The summed E-state index contributed by atoms with van der Waals surface area (Å²) >= 11 is 0. The Bertz CT molecular complexity index is 814. The largest absolute Gasteiger partial charge is 0.479 e. The average molecular weight is 372 g/mol. The number of nitrogens with one attached hydrogen (secondary N) is 1. The van der Waals surface area contributed by atoms with Gasteiger partial charge in [0.25, 0.3) is 0 Å². The van der Waals surface area contributed by atoms with Gasteiger partial charge in [0.15, 0.2) is 5.54 Å². The Hall–Kier alpha value is -3.16. The Kier molecular flexibility index (Phi) is 6.33. The summed E-state index contributed by atoms with van der Waals surface area (Å²) in [7, 11) is 0. The third-order valence-electron chi connectivity index (χ3n) is 4.23. The van der Waals surface area contributed by atoms with Gasteiger partial charge in [-0.3, -0.25) is 14.3 Å². The number of carbonyl (C=O) groups excluding carboxylic acids is 2. The number of anilines is 1. The van der Waals surface area contributed by atoms with Crippen LogP contribution < -0.4 is 5.32 Å². The Balaban J connectivity index is 1.92. The fourth-order valence-corrected chi connectivity index (χ4v) is 2.40. The fraction of sp³-hybridized carbons (Fsp3) is 0.368. The number of carbonyl (C=O) groups is 3. The highest BCUT2D eigenvalue weighted by Crippen LogP contribution is 2.17. The van der Waals surface area contributed by atoms with Crippen molar-refractivity contribution in [3.63, 3.8) is 0 Å². The standard InChI is InChI=1S/C19H24N4O4/c1-14(24)22(12-15-7-5-4-6-8-15)10-9-17(25)21-16-11-20-23(13-16)19(2,3)18(26)27/h4-8,11,13H,9-10,12H2,1-3H3,(H,21,25)(H,26,27). The van der Waals surface area contributed by atoms with Crippen molar-refractivity contribution in [3.8, 4) is 0 Å². The lowest BCUT2D eigenvalue weighted by atomic mass is 10.1. The van der Waals surface area contributed by atoms with E-state index in [4.69, 9.17) is 0 Å². The molecule has 0 spiro atoms. The number of aliphatic carboxylic acids is 1. The van der Waals surface area contributed by atoms with Crippen LogP contribution in [0.3, 0.4) is 0 Å². The summed E-state index contributed by atoms with van der Waals surface area (Å²) in [4.78, 5) is 36.9. The second kappa shape index (κ2) is 8.48. The molecule has 27 heavy (non-hydrogen) atoms. The first-order valence-corrected chi connectivity index (χ1v) is 8.58. The smallest absolute Gasteiger partial charge is 0.331 e. The van der Waals surface area contributed by atoms with Gasteiger partial charge in [0.05, 0.1) is 11.9 Å². The summed E-state index contributed by atoms with van der Waals surface area (Å²) in [5, 5.41) is 15.9. The molecule has 2 N–H and O–H groups in total. The molecule has 0 radical (unpaired) electrons. The van der Waals surface area contributed by atoms with Crippen LogP contribution in [0.2, 0.25) is 0 Å². The summed E-state index contributed by atoms with van der Waals surface area (Å²) in [6.45, 7) is 5.22. The topological polar surface area (TPSA) is 105 Å². The Labute approximate surface area is 157 Å². The molecule has 8 nitrogen and oxygen atoms in total. The lowest BCUT2D eigenvalue weighted by Gasteiger charge is -2.21. The van der Waals surface area contributed by atoms with E-state index in [0.717, 1.165) is 5.56 Å². The van der Waals surface area contributed by atoms with Crippen molar-refractivity contribution in [2.24, 2.45) is 0 Å². The van der Waals surface area contributed by atoms with Crippen molar-refractivity contribution in [1.82, 2.24) is 14.7 Å². The minimum absolute atomic E-state index is 0.109. The Morgan fingerprint density at radius 2 is 1.89 bits per heavy atom. The number of aromatic nitrogens is 2. The molecule has 0 aliphatic carbocycles. The molecular weight excluding hydrogens is 348 g/mol. The molecular formula is C19H24N4O4. The Morgan fingerprint density at radius 1 is 1.22 bits per heavy atom. The molecule has 2 aromatic rings. The molecule has 0 atom stereocenters. The van der Waals surface area contributed by atoms with Crippen LogP contribution in [-0.4, -0.2) is 44.1 Å². The maximum atomic E-state index is 12.2. The molecule has 0 aliphatic heterocycles. The Morgan fingerprint density at radius 3 is 2.48 bits per heavy atom. The number of carboxylic acids is 1. The molecule has 1 aromatic heterocycles. The van der Waals surface area contributed by atoms with Crippen LogP contribution in [0.1, 0.15) is 32.8 Å². The summed E-state index contributed by atoms with van der Waals surface area (Å²) in [5.41, 5.74) is 0.182. The van der Waals surface area contributed by atoms with Crippen LogP contribution in [-0.2, 0) is 26.5 Å². The molecule has 144 valence electrons. The second-order valence-corrected chi connectivity index (χ2v) is 6.76. The fourth-order valence-electron chi connectivity index (χ4n) is 2.40. The average Bonchev–Trinajstić information content (AvgIpc) is 3.08. The van der Waals surface area contributed by atoms with Gasteiger partial charge in [-0.1, -0.05) is 30.3 Å². The number of hydrogen-bond donors (Lipinski definition) is 2. The molecule has 0 bridgehead atoms. The summed E-state index contributed by atoms with van der Waals surface area (Å²) in [5.74, 6) is -1.41. The van der Waals surface area contributed by atoms with Crippen LogP contribution in [0, 0.1) is 0 Å². The van der Waals surface area contributed by atoms with Crippen molar-refractivity contribution in [2.45, 2.75) is 39.3 Å². The number of rotatable bonds is 8. The zero-order valence-electron chi connectivity index (χ0n) is 15.7. The molecule has 0 aliphatic rings. The quantitative estimate of drug-likeness (QED) is 0.738. The van der Waals surface area contributed by atoms with Gasteiger partial charge in [0, 0.05) is 32.6 Å². The molecule has 0 unspecified atom stereocenters. The molecule has 1 aromatic carbocycles. The summed E-state index contributed by atoms with van der Waals surface area (Å²) in [6.07, 6.45) is 2.99. The van der Waals surface area contributed by atoms with Crippen molar-refractivity contribution in [2.75, 3.05) is 11.9 Å². The first kappa shape index (κ1) is 20.2. The number of nitrogens with zero attached hydrogens (tertiary/aromatic N) is 3. The number of hydrogen-bond acceptors (Lipinski definition) is 4. The van der Waals surface area contributed by atoms with Crippen molar-refractivity contribution in [3.05, 3.63) is 48.3 Å². The summed E-state index contributed by atoms with van der Waals surface area (Å²) in [6, 6.07) is 9.55. The van der Waals surface area contributed by atoms with Gasteiger partial charge < -0.3 is 15.3 Å². The zero-order valence-corrected chi connectivity index (χ0v) is 15.7. The van der Waals surface area contributed by atoms with Crippen LogP contribution >= 0.6 is 0 Å². The van der Waals surface area contributed by atoms with Crippen molar-refractivity contribution < 1.29 is 19.5 Å². The monoisotopic (exact) mass is 372 g/mol. The second-order valence-electron chi connectivity index (χ2n) is 6.76. The highest BCUT2D eigenvalue weighted by molar-refractivity contribution is 5.91. The van der Waals surface area contributed by atoms with E-state index < -0.39 is 11.5 Å². The van der Waals surface area contributed by atoms with Crippen LogP contribution in [0.4, 0.5) is 5.69 Å². The molecule has 1 heterocycles. The van der Waals surface area contributed by atoms with E-state index >= 15 is 0 Å².